The van der Waals surface area contributed by atoms with Gasteiger partial charge in [-0.1, -0.05) is 25.4 Å². The molecule has 0 spiro atoms. The fourth-order valence-electron chi connectivity index (χ4n) is 1.69. The molecule has 18 heavy (non-hydrogen) atoms. The Morgan fingerprint density at radius 3 is 2.83 bits per heavy atom. The molecule has 0 aliphatic rings. The summed E-state index contributed by atoms with van der Waals surface area (Å²) in [6.45, 7) is 5.33. The highest BCUT2D eigenvalue weighted by Crippen LogP contribution is 2.23. The quantitative estimate of drug-likeness (QED) is 0.803. The van der Waals surface area contributed by atoms with Crippen molar-refractivity contribution in [2.45, 2.75) is 26.8 Å². The van der Waals surface area contributed by atoms with Crippen molar-refractivity contribution in [1.29, 1.82) is 0 Å². The van der Waals surface area contributed by atoms with Crippen molar-refractivity contribution in [2.75, 3.05) is 0 Å². The number of nitrogens with zero attached hydrogens (tertiary/aromatic N) is 2. The zero-order valence-corrected chi connectivity index (χ0v) is 11.3. The van der Waals surface area contributed by atoms with Crippen LogP contribution in [0.5, 0.6) is 0 Å². The normalized spacial score (nSPS) is 11.2. The van der Waals surface area contributed by atoms with Crippen LogP contribution in [0.3, 0.4) is 0 Å². The second kappa shape index (κ2) is 5.53. The first-order valence-electron chi connectivity index (χ1n) is 6.03. The van der Waals surface area contributed by atoms with E-state index in [1.165, 1.54) is 6.07 Å². The van der Waals surface area contributed by atoms with E-state index in [0.29, 0.717) is 5.92 Å². The lowest BCUT2D eigenvalue weighted by molar-refractivity contribution is 0.516. The van der Waals surface area contributed by atoms with Crippen molar-refractivity contribution >= 4 is 11.6 Å². The van der Waals surface area contributed by atoms with E-state index in [9.17, 15) is 4.39 Å². The third-order valence-electron chi connectivity index (χ3n) is 2.81. The number of aryl methyl sites for hydroxylation is 1. The Labute approximate surface area is 111 Å². The minimum absolute atomic E-state index is 0.129. The largest absolute Gasteiger partial charge is 0.337 e. The highest BCUT2D eigenvalue weighted by Gasteiger charge is 2.06. The second-order valence-corrected chi connectivity index (χ2v) is 5.22. The van der Waals surface area contributed by atoms with Gasteiger partial charge in [-0.15, -0.1) is 0 Å². The lowest BCUT2D eigenvalue weighted by atomic mass is 10.1. The molecule has 2 rings (SSSR count). The number of halogens is 2. The molecule has 0 radical (unpaired) electrons. The molecule has 2 aromatic rings. The van der Waals surface area contributed by atoms with Gasteiger partial charge in [-0.05, 0) is 30.5 Å². The maximum absolute atomic E-state index is 13.1. The molecule has 0 saturated carbocycles. The second-order valence-electron chi connectivity index (χ2n) is 4.81. The summed E-state index contributed by atoms with van der Waals surface area (Å²) in [6.07, 6.45) is 4.88. The molecule has 4 heteroatoms. The van der Waals surface area contributed by atoms with E-state index in [-0.39, 0.29) is 5.02 Å². The first-order chi connectivity index (χ1) is 8.56. The summed E-state index contributed by atoms with van der Waals surface area (Å²) in [5.74, 6) is 0.260. The van der Waals surface area contributed by atoms with Gasteiger partial charge in [0, 0.05) is 18.3 Å². The summed E-state index contributed by atoms with van der Waals surface area (Å²) in [4.78, 5) is 4.32. The van der Waals surface area contributed by atoms with Gasteiger partial charge < -0.3 is 4.57 Å². The standard InChI is InChI=1S/C14H16ClFN2/c1-10(2)5-6-18-8-14(17-9-18)11-3-4-13(16)12(15)7-11/h3-4,7-10H,5-6H2,1-2H3. The van der Waals surface area contributed by atoms with E-state index in [1.807, 2.05) is 10.8 Å². The molecule has 0 N–H and O–H groups in total. The van der Waals surface area contributed by atoms with Gasteiger partial charge in [-0.2, -0.15) is 0 Å². The lowest BCUT2D eigenvalue weighted by Gasteiger charge is -2.04. The van der Waals surface area contributed by atoms with Gasteiger partial charge in [0.05, 0.1) is 17.0 Å². The number of rotatable bonds is 4. The smallest absolute Gasteiger partial charge is 0.141 e. The Hall–Kier alpha value is -1.35. The molecule has 1 heterocycles. The third-order valence-corrected chi connectivity index (χ3v) is 3.10. The molecule has 0 aliphatic carbocycles. The van der Waals surface area contributed by atoms with E-state index in [4.69, 9.17) is 11.6 Å². The summed E-state index contributed by atoms with van der Waals surface area (Å²) in [6, 6.07) is 4.66. The van der Waals surface area contributed by atoms with Crippen LogP contribution in [0.4, 0.5) is 4.39 Å². The molecule has 0 saturated heterocycles. The van der Waals surface area contributed by atoms with Crippen LogP contribution in [0.2, 0.25) is 5.02 Å². The summed E-state index contributed by atoms with van der Waals surface area (Å²) >= 11 is 5.76. The van der Waals surface area contributed by atoms with E-state index < -0.39 is 5.82 Å². The van der Waals surface area contributed by atoms with Crippen LogP contribution in [0, 0.1) is 11.7 Å². The highest BCUT2D eigenvalue weighted by atomic mass is 35.5. The molecule has 0 unspecified atom stereocenters. The van der Waals surface area contributed by atoms with Crippen LogP contribution in [-0.4, -0.2) is 9.55 Å². The number of aromatic nitrogens is 2. The lowest BCUT2D eigenvalue weighted by Crippen LogP contribution is -1.98. The summed E-state index contributed by atoms with van der Waals surface area (Å²) in [7, 11) is 0. The average Bonchev–Trinajstić information content (AvgIpc) is 2.79. The van der Waals surface area contributed by atoms with E-state index in [2.05, 4.69) is 18.8 Å². The van der Waals surface area contributed by atoms with Gasteiger partial charge in [0.25, 0.3) is 0 Å². The van der Waals surface area contributed by atoms with Crippen LogP contribution < -0.4 is 0 Å². The molecule has 96 valence electrons. The minimum atomic E-state index is -0.403. The summed E-state index contributed by atoms with van der Waals surface area (Å²) in [5, 5.41) is 0.129. The van der Waals surface area contributed by atoms with Crippen LogP contribution >= 0.6 is 11.6 Å². The van der Waals surface area contributed by atoms with Gasteiger partial charge in [-0.25, -0.2) is 9.37 Å². The first kappa shape index (κ1) is 13.1. The molecule has 0 fully saturated rings. The first-order valence-corrected chi connectivity index (χ1v) is 6.41. The molecular formula is C14H16ClFN2. The molecule has 0 amide bonds. The van der Waals surface area contributed by atoms with Crippen LogP contribution in [0.25, 0.3) is 11.3 Å². The molecule has 1 aromatic heterocycles. The van der Waals surface area contributed by atoms with Crippen LogP contribution in [0.15, 0.2) is 30.7 Å². The zero-order valence-electron chi connectivity index (χ0n) is 10.5. The van der Waals surface area contributed by atoms with Gasteiger partial charge in [-0.3, -0.25) is 0 Å². The fourth-order valence-corrected chi connectivity index (χ4v) is 1.87. The van der Waals surface area contributed by atoms with Gasteiger partial charge in [0.2, 0.25) is 0 Å². The van der Waals surface area contributed by atoms with Crippen molar-refractivity contribution in [1.82, 2.24) is 9.55 Å². The maximum atomic E-state index is 13.1. The van der Waals surface area contributed by atoms with E-state index >= 15 is 0 Å². The van der Waals surface area contributed by atoms with E-state index in [0.717, 1.165) is 24.2 Å². The molecule has 0 atom stereocenters. The SMILES string of the molecule is CC(C)CCn1cnc(-c2ccc(F)c(Cl)c2)c1. The molecule has 1 aromatic carbocycles. The molecular weight excluding hydrogens is 251 g/mol. The Kier molecular flexibility index (Phi) is 4.02. The van der Waals surface area contributed by atoms with Crippen molar-refractivity contribution in [3.05, 3.63) is 41.6 Å². The molecule has 2 nitrogen and oxygen atoms in total. The average molecular weight is 267 g/mol. The third kappa shape index (κ3) is 3.10. The fraction of sp³-hybridized carbons (Fsp3) is 0.357. The molecule has 0 aliphatic heterocycles. The molecule has 0 bridgehead atoms. The van der Waals surface area contributed by atoms with Crippen LogP contribution in [0.1, 0.15) is 20.3 Å². The zero-order chi connectivity index (χ0) is 13.1. The Morgan fingerprint density at radius 2 is 2.17 bits per heavy atom. The summed E-state index contributed by atoms with van der Waals surface area (Å²) < 4.78 is 15.1. The van der Waals surface area contributed by atoms with Crippen molar-refractivity contribution in [3.8, 4) is 11.3 Å². The monoisotopic (exact) mass is 266 g/mol. The predicted octanol–water partition coefficient (Wildman–Crippen LogP) is 4.39. The van der Waals surface area contributed by atoms with Crippen LogP contribution in [-0.2, 0) is 6.54 Å². The van der Waals surface area contributed by atoms with Crippen molar-refractivity contribution < 1.29 is 4.39 Å². The van der Waals surface area contributed by atoms with Crippen molar-refractivity contribution in [3.63, 3.8) is 0 Å². The maximum Gasteiger partial charge on any atom is 0.141 e. The number of hydrogen-bond acceptors (Lipinski definition) is 1. The van der Waals surface area contributed by atoms with E-state index in [1.54, 1.807) is 18.5 Å². The number of benzene rings is 1. The highest BCUT2D eigenvalue weighted by molar-refractivity contribution is 6.31. The van der Waals surface area contributed by atoms with Crippen molar-refractivity contribution in [2.24, 2.45) is 5.92 Å². The van der Waals surface area contributed by atoms with Gasteiger partial charge >= 0.3 is 0 Å². The number of hydrogen-bond donors (Lipinski definition) is 0. The Bertz CT molecular complexity index is 534. The van der Waals surface area contributed by atoms with Gasteiger partial charge in [0.1, 0.15) is 5.82 Å². The topological polar surface area (TPSA) is 17.8 Å². The Balaban J connectivity index is 2.16. The summed E-state index contributed by atoms with van der Waals surface area (Å²) in [5.41, 5.74) is 1.66. The van der Waals surface area contributed by atoms with Gasteiger partial charge in [0.15, 0.2) is 0 Å². The predicted molar refractivity (Wildman–Crippen MR) is 72.1 cm³/mol. The number of imidazole rings is 1. The Morgan fingerprint density at radius 1 is 1.39 bits per heavy atom. The minimum Gasteiger partial charge on any atom is -0.337 e.